The maximum Gasteiger partial charge on any atom is 0.317 e. The van der Waals surface area contributed by atoms with Gasteiger partial charge in [0.25, 0.3) is 0 Å². The summed E-state index contributed by atoms with van der Waals surface area (Å²) in [5, 5.41) is 7.12. The average Bonchev–Trinajstić information content (AvgIpc) is 3.25. The summed E-state index contributed by atoms with van der Waals surface area (Å²) in [5.41, 5.74) is 0.763. The first-order valence-corrected chi connectivity index (χ1v) is 10.7. The molecule has 2 aliphatic heterocycles. The lowest BCUT2D eigenvalue weighted by molar-refractivity contribution is 0.104. The summed E-state index contributed by atoms with van der Waals surface area (Å²) in [6, 6.07) is -0.705. The van der Waals surface area contributed by atoms with Crippen molar-refractivity contribution in [3.63, 3.8) is 0 Å². The molecule has 2 fully saturated rings. The van der Waals surface area contributed by atoms with Crippen molar-refractivity contribution >= 4 is 15.9 Å². The number of carbonyl (C=O) groups excluding carboxylic acids is 1. The molecular formula is C16H26N4O4S. The number of carbonyl (C=O) groups is 1. The molecule has 0 radical (unpaired) electrons. The van der Waals surface area contributed by atoms with Gasteiger partial charge in [-0.3, -0.25) is 4.68 Å². The molecular weight excluding hydrogens is 344 g/mol. The molecule has 0 saturated carbocycles. The van der Waals surface area contributed by atoms with Crippen molar-refractivity contribution in [3.05, 3.63) is 18.0 Å². The summed E-state index contributed by atoms with van der Waals surface area (Å²) in [7, 11) is -3.16. The minimum absolute atomic E-state index is 0.00453. The molecule has 0 aromatic carbocycles. The molecule has 0 aliphatic carbocycles. The summed E-state index contributed by atoms with van der Waals surface area (Å²) >= 11 is 0. The van der Waals surface area contributed by atoms with Gasteiger partial charge in [0, 0.05) is 38.0 Å². The van der Waals surface area contributed by atoms with Gasteiger partial charge < -0.3 is 15.0 Å². The Kier molecular flexibility index (Phi) is 5.63. The largest absolute Gasteiger partial charge is 0.378 e. The van der Waals surface area contributed by atoms with Gasteiger partial charge in [-0.25, -0.2) is 13.2 Å². The van der Waals surface area contributed by atoms with Gasteiger partial charge in [0.05, 0.1) is 29.8 Å². The number of aryl methyl sites for hydroxylation is 1. The fraction of sp³-hybridized carbons (Fsp3) is 0.750. The first kappa shape index (κ1) is 18.2. The van der Waals surface area contributed by atoms with Gasteiger partial charge in [0.2, 0.25) is 0 Å². The molecule has 9 heteroatoms. The maximum atomic E-state index is 12.6. The topological polar surface area (TPSA) is 93.5 Å². The van der Waals surface area contributed by atoms with E-state index < -0.39 is 15.9 Å². The monoisotopic (exact) mass is 370 g/mol. The Labute approximate surface area is 148 Å². The molecule has 0 bridgehead atoms. The molecule has 2 amide bonds. The summed E-state index contributed by atoms with van der Waals surface area (Å²) in [6.45, 7) is 4.20. The van der Waals surface area contributed by atoms with E-state index in [1.165, 1.54) is 0 Å². The number of aromatic nitrogens is 2. The van der Waals surface area contributed by atoms with E-state index in [2.05, 4.69) is 10.4 Å². The normalized spacial score (nSPS) is 25.9. The van der Waals surface area contributed by atoms with Crippen LogP contribution in [0.3, 0.4) is 0 Å². The number of nitrogens with one attached hydrogen (secondary N) is 1. The van der Waals surface area contributed by atoms with E-state index in [0.717, 1.165) is 31.4 Å². The van der Waals surface area contributed by atoms with Crippen LogP contribution in [0.15, 0.2) is 12.4 Å². The maximum absolute atomic E-state index is 12.6. The van der Waals surface area contributed by atoms with Gasteiger partial charge >= 0.3 is 6.03 Å². The molecule has 8 nitrogen and oxygen atoms in total. The predicted octanol–water partition coefficient (Wildman–Crippen LogP) is 0.953. The van der Waals surface area contributed by atoms with E-state index in [9.17, 15) is 13.2 Å². The van der Waals surface area contributed by atoms with Gasteiger partial charge in [-0.15, -0.1) is 0 Å². The Morgan fingerprint density at radius 3 is 3.00 bits per heavy atom. The van der Waals surface area contributed by atoms with Gasteiger partial charge in [-0.1, -0.05) is 0 Å². The Hall–Kier alpha value is -1.61. The number of urea groups is 1. The van der Waals surface area contributed by atoms with E-state index in [0.29, 0.717) is 13.1 Å². The van der Waals surface area contributed by atoms with Crippen LogP contribution in [0.5, 0.6) is 0 Å². The molecule has 0 unspecified atom stereocenters. The number of hydrogen-bond donors (Lipinski definition) is 1. The Balaban J connectivity index is 1.64. The molecule has 1 N–H and O–H groups in total. The highest BCUT2D eigenvalue weighted by molar-refractivity contribution is 7.91. The van der Waals surface area contributed by atoms with E-state index >= 15 is 0 Å². The highest BCUT2D eigenvalue weighted by Crippen LogP contribution is 2.26. The molecule has 2 aliphatic rings. The fourth-order valence-electron chi connectivity index (χ4n) is 3.36. The van der Waals surface area contributed by atoms with Crippen molar-refractivity contribution in [1.29, 1.82) is 0 Å². The summed E-state index contributed by atoms with van der Waals surface area (Å²) < 4.78 is 31.4. The highest BCUT2D eigenvalue weighted by Gasteiger charge is 2.35. The molecule has 3 rings (SSSR count). The van der Waals surface area contributed by atoms with Crippen molar-refractivity contribution in [2.75, 3.05) is 31.2 Å². The summed E-state index contributed by atoms with van der Waals surface area (Å²) in [4.78, 5) is 14.2. The molecule has 2 saturated heterocycles. The Bertz CT molecular complexity index is 697. The Morgan fingerprint density at radius 2 is 2.32 bits per heavy atom. The summed E-state index contributed by atoms with van der Waals surface area (Å²) in [5.74, 6) is -0.0495. The number of nitrogens with zero attached hydrogens (tertiary/aromatic N) is 3. The van der Waals surface area contributed by atoms with Crippen molar-refractivity contribution in [1.82, 2.24) is 20.0 Å². The van der Waals surface area contributed by atoms with Crippen LogP contribution in [0, 0.1) is 0 Å². The minimum Gasteiger partial charge on any atom is -0.378 e. The van der Waals surface area contributed by atoms with E-state index in [1.54, 1.807) is 15.8 Å². The Morgan fingerprint density at radius 1 is 1.48 bits per heavy atom. The quantitative estimate of drug-likeness (QED) is 0.833. The smallest absolute Gasteiger partial charge is 0.317 e. The van der Waals surface area contributed by atoms with E-state index in [4.69, 9.17) is 4.74 Å². The van der Waals surface area contributed by atoms with Crippen molar-refractivity contribution in [3.8, 4) is 0 Å². The third kappa shape index (κ3) is 4.52. The third-order valence-electron chi connectivity index (χ3n) is 4.82. The lowest BCUT2D eigenvalue weighted by Gasteiger charge is -2.35. The van der Waals surface area contributed by atoms with Crippen LogP contribution in [0.4, 0.5) is 4.79 Å². The van der Waals surface area contributed by atoms with Gasteiger partial charge in [0.15, 0.2) is 9.84 Å². The highest BCUT2D eigenvalue weighted by atomic mass is 32.2. The standard InChI is InChI=1S/C16H26N4O4S/c1-2-19-11-13(10-18-19)15-12-25(22,23)9-7-20(15)16(21)17-6-5-14-4-3-8-24-14/h10-11,14-15H,2-9,12H2,1H3,(H,17,21)/t14-,15+/m0/s1. The lowest BCUT2D eigenvalue weighted by atomic mass is 10.1. The first-order valence-electron chi connectivity index (χ1n) is 8.87. The van der Waals surface area contributed by atoms with Crippen LogP contribution >= 0.6 is 0 Å². The molecule has 1 aromatic heterocycles. The van der Waals surface area contributed by atoms with E-state index in [-0.39, 0.29) is 30.2 Å². The number of ether oxygens (including phenoxy) is 1. The molecule has 2 atom stereocenters. The second-order valence-electron chi connectivity index (χ2n) is 6.61. The van der Waals surface area contributed by atoms with Crippen LogP contribution in [0.1, 0.15) is 37.8 Å². The molecule has 0 spiro atoms. The predicted molar refractivity (Wildman–Crippen MR) is 93.0 cm³/mol. The lowest BCUT2D eigenvalue weighted by Crippen LogP contribution is -2.50. The fourth-order valence-corrected chi connectivity index (χ4v) is 4.86. The second-order valence-corrected chi connectivity index (χ2v) is 8.84. The molecule has 140 valence electrons. The second kappa shape index (κ2) is 7.74. The molecule has 1 aromatic rings. The van der Waals surface area contributed by atoms with Crippen LogP contribution in [-0.4, -0.2) is 66.4 Å². The van der Waals surface area contributed by atoms with Gasteiger partial charge in [-0.2, -0.15) is 5.10 Å². The average molecular weight is 370 g/mol. The molecule has 3 heterocycles. The van der Waals surface area contributed by atoms with Crippen LogP contribution in [0.25, 0.3) is 0 Å². The number of sulfone groups is 1. The summed E-state index contributed by atoms with van der Waals surface area (Å²) in [6.07, 6.45) is 6.60. The number of rotatable bonds is 5. The van der Waals surface area contributed by atoms with E-state index in [1.807, 2.05) is 13.1 Å². The SMILES string of the molecule is CCn1cc([C@H]2CS(=O)(=O)CCN2C(=O)NCC[C@@H]2CCCO2)cn1. The zero-order valence-electron chi connectivity index (χ0n) is 14.6. The zero-order chi connectivity index (χ0) is 17.9. The van der Waals surface area contributed by atoms with Crippen LogP contribution in [-0.2, 0) is 21.1 Å². The number of hydrogen-bond acceptors (Lipinski definition) is 5. The van der Waals surface area contributed by atoms with Crippen LogP contribution in [0.2, 0.25) is 0 Å². The van der Waals surface area contributed by atoms with Crippen LogP contribution < -0.4 is 5.32 Å². The first-order chi connectivity index (χ1) is 12.0. The molecule has 25 heavy (non-hydrogen) atoms. The van der Waals surface area contributed by atoms with Crippen molar-refractivity contribution < 1.29 is 17.9 Å². The zero-order valence-corrected chi connectivity index (χ0v) is 15.4. The van der Waals surface area contributed by atoms with Gasteiger partial charge in [-0.05, 0) is 26.2 Å². The minimum atomic E-state index is -3.16. The van der Waals surface area contributed by atoms with Crippen molar-refractivity contribution in [2.45, 2.75) is 44.9 Å². The number of amides is 2. The van der Waals surface area contributed by atoms with Crippen molar-refractivity contribution in [2.24, 2.45) is 0 Å². The van der Waals surface area contributed by atoms with Gasteiger partial charge in [0.1, 0.15) is 0 Å². The third-order valence-corrected chi connectivity index (χ3v) is 6.45.